The number of alkyl halides is 2. The van der Waals surface area contributed by atoms with Crippen molar-refractivity contribution in [1.82, 2.24) is 0 Å². The van der Waals surface area contributed by atoms with Crippen molar-refractivity contribution in [3.05, 3.63) is 58.1 Å². The molecule has 0 saturated heterocycles. The molecule has 10 heteroatoms. The zero-order chi connectivity index (χ0) is 18.8. The fourth-order valence-corrected chi connectivity index (χ4v) is 3.81. The van der Waals surface area contributed by atoms with Crippen molar-refractivity contribution in [2.24, 2.45) is 0 Å². The number of anilines is 1. The molecule has 0 aromatic heterocycles. The van der Waals surface area contributed by atoms with Gasteiger partial charge in [0.2, 0.25) is 0 Å². The second kappa shape index (κ2) is 7.01. The van der Waals surface area contributed by atoms with Crippen LogP contribution in [-0.2, 0) is 10.0 Å². The van der Waals surface area contributed by atoms with Crippen molar-refractivity contribution in [2.75, 3.05) is 11.4 Å². The highest BCUT2D eigenvalue weighted by molar-refractivity contribution is 7.93. The van der Waals surface area contributed by atoms with Crippen molar-refractivity contribution >= 4 is 21.4 Å². The number of halogens is 2. The van der Waals surface area contributed by atoms with E-state index in [-0.39, 0.29) is 21.3 Å². The van der Waals surface area contributed by atoms with Crippen molar-refractivity contribution in [3.8, 4) is 5.75 Å². The molecule has 0 spiro atoms. The molecule has 0 fully saturated rings. The Bertz CT molecular complexity index is 903. The van der Waals surface area contributed by atoms with Gasteiger partial charge in [-0.3, -0.25) is 10.1 Å². The topological polar surface area (TPSA) is 89.8 Å². The maximum absolute atomic E-state index is 13.6. The molecule has 2 rings (SSSR count). The third-order valence-corrected chi connectivity index (χ3v) is 5.29. The highest BCUT2D eigenvalue weighted by atomic mass is 32.2. The Hall–Kier alpha value is -2.75. The molecule has 0 heterocycles. The molecule has 134 valence electrons. The maximum Gasteiger partial charge on any atom is 0.328 e. The van der Waals surface area contributed by atoms with E-state index >= 15 is 0 Å². The Labute approximate surface area is 142 Å². The monoisotopic (exact) mass is 372 g/mol. The third-order valence-electron chi connectivity index (χ3n) is 3.42. The Morgan fingerprint density at radius 3 is 2.40 bits per heavy atom. The van der Waals surface area contributed by atoms with Crippen molar-refractivity contribution < 1.29 is 26.9 Å². The lowest BCUT2D eigenvalue weighted by atomic mass is 10.2. The lowest BCUT2D eigenvalue weighted by molar-refractivity contribution is -0.385. The molecule has 0 unspecified atom stereocenters. The predicted molar refractivity (Wildman–Crippen MR) is 86.5 cm³/mol. The van der Waals surface area contributed by atoms with Crippen LogP contribution in [0, 0.1) is 17.0 Å². The molecule has 0 atom stereocenters. The van der Waals surface area contributed by atoms with Crippen LogP contribution in [-0.4, -0.2) is 27.0 Å². The smallest absolute Gasteiger partial charge is 0.328 e. The molecule has 7 nitrogen and oxygen atoms in total. The average Bonchev–Trinajstić information content (AvgIpc) is 2.54. The summed E-state index contributed by atoms with van der Waals surface area (Å²) in [4.78, 5) is 9.52. The summed E-state index contributed by atoms with van der Waals surface area (Å²) in [6, 6.07) is 8.42. The Morgan fingerprint density at radius 1 is 1.20 bits per heavy atom. The molecule has 0 radical (unpaired) electrons. The van der Waals surface area contributed by atoms with Crippen LogP contribution in [0.1, 0.15) is 5.56 Å². The second-order valence-corrected chi connectivity index (χ2v) is 6.74. The van der Waals surface area contributed by atoms with Gasteiger partial charge in [-0.15, -0.1) is 0 Å². The van der Waals surface area contributed by atoms with E-state index in [1.54, 1.807) is 0 Å². The van der Waals surface area contributed by atoms with Crippen LogP contribution in [0.3, 0.4) is 0 Å². The van der Waals surface area contributed by atoms with Gasteiger partial charge in [0.25, 0.3) is 15.7 Å². The number of methoxy groups -OCH3 is 1. The summed E-state index contributed by atoms with van der Waals surface area (Å²) in [7, 11) is -3.56. The molecule has 0 aliphatic heterocycles. The standard InChI is InChI=1S/C15H14F2N2O5S/c1-10-7-8-11(19(20)21)9-14(10)25(22,23)18(15(16)17)12-5-3-4-6-13(12)24-2/h3-9,15H,1-2H3. The molecule has 2 aromatic rings. The summed E-state index contributed by atoms with van der Waals surface area (Å²) in [6.07, 6.45) is 0. The molecular formula is C15H14F2N2O5S. The van der Waals surface area contributed by atoms with Gasteiger partial charge in [0.15, 0.2) is 0 Å². The summed E-state index contributed by atoms with van der Waals surface area (Å²) in [5.74, 6) is -0.0746. The minimum absolute atomic E-state index is 0.0746. The van der Waals surface area contributed by atoms with Gasteiger partial charge < -0.3 is 4.74 Å². The highest BCUT2D eigenvalue weighted by Gasteiger charge is 2.35. The molecule has 25 heavy (non-hydrogen) atoms. The van der Waals surface area contributed by atoms with Gasteiger partial charge >= 0.3 is 6.55 Å². The van der Waals surface area contributed by atoms with Gasteiger partial charge in [0.1, 0.15) is 5.75 Å². The first-order chi connectivity index (χ1) is 11.7. The molecular weight excluding hydrogens is 358 g/mol. The van der Waals surface area contributed by atoms with Crippen LogP contribution < -0.4 is 9.04 Å². The lowest BCUT2D eigenvalue weighted by Crippen LogP contribution is -2.36. The van der Waals surface area contributed by atoms with Crippen LogP contribution in [0.15, 0.2) is 47.4 Å². The zero-order valence-corrected chi connectivity index (χ0v) is 14.0. The Morgan fingerprint density at radius 2 is 1.84 bits per heavy atom. The van der Waals surface area contributed by atoms with E-state index in [0.29, 0.717) is 0 Å². The minimum atomic E-state index is -4.77. The number of hydrogen-bond acceptors (Lipinski definition) is 5. The number of hydrogen-bond donors (Lipinski definition) is 0. The zero-order valence-electron chi connectivity index (χ0n) is 13.2. The summed E-state index contributed by atoms with van der Waals surface area (Å²) in [5, 5.41) is 10.9. The minimum Gasteiger partial charge on any atom is -0.495 e. The van der Waals surface area contributed by atoms with E-state index in [0.717, 1.165) is 18.2 Å². The quantitative estimate of drug-likeness (QED) is 0.441. The molecule has 0 bridgehead atoms. The van der Waals surface area contributed by atoms with E-state index < -0.39 is 32.1 Å². The van der Waals surface area contributed by atoms with Gasteiger partial charge in [-0.2, -0.15) is 8.78 Å². The van der Waals surface area contributed by atoms with E-state index in [1.807, 2.05) is 0 Å². The van der Waals surface area contributed by atoms with Crippen LogP contribution >= 0.6 is 0 Å². The third kappa shape index (κ3) is 3.53. The van der Waals surface area contributed by atoms with E-state index in [1.165, 1.54) is 38.3 Å². The molecule has 0 amide bonds. The number of nitro benzene ring substituents is 1. The first-order valence-corrected chi connectivity index (χ1v) is 8.34. The van der Waals surface area contributed by atoms with E-state index in [4.69, 9.17) is 4.74 Å². The number of ether oxygens (including phenoxy) is 1. The van der Waals surface area contributed by atoms with Crippen molar-refractivity contribution in [3.63, 3.8) is 0 Å². The average molecular weight is 372 g/mol. The SMILES string of the molecule is COc1ccccc1N(C(F)F)S(=O)(=O)c1cc([N+](=O)[O-])ccc1C. The van der Waals surface area contributed by atoms with E-state index in [9.17, 15) is 27.3 Å². The largest absolute Gasteiger partial charge is 0.495 e. The molecule has 0 N–H and O–H groups in total. The fourth-order valence-electron chi connectivity index (χ4n) is 2.24. The van der Waals surface area contributed by atoms with Crippen LogP contribution in [0.2, 0.25) is 0 Å². The van der Waals surface area contributed by atoms with Crippen molar-refractivity contribution in [1.29, 1.82) is 0 Å². The van der Waals surface area contributed by atoms with Gasteiger partial charge in [0, 0.05) is 12.1 Å². The summed E-state index contributed by atoms with van der Waals surface area (Å²) >= 11 is 0. The highest BCUT2D eigenvalue weighted by Crippen LogP contribution is 2.36. The van der Waals surface area contributed by atoms with Gasteiger partial charge in [-0.05, 0) is 24.6 Å². The number of para-hydroxylation sites is 2. The number of rotatable bonds is 6. The number of sulfonamides is 1. The first-order valence-electron chi connectivity index (χ1n) is 6.90. The molecule has 0 saturated carbocycles. The number of nitro groups is 1. The first kappa shape index (κ1) is 18.6. The number of benzene rings is 2. The predicted octanol–water partition coefficient (Wildman–Crippen LogP) is 3.33. The van der Waals surface area contributed by atoms with Crippen LogP contribution in [0.5, 0.6) is 5.75 Å². The summed E-state index contributed by atoms with van der Waals surface area (Å²) < 4.78 is 57.7. The summed E-state index contributed by atoms with van der Waals surface area (Å²) in [6.45, 7) is -2.05. The van der Waals surface area contributed by atoms with Crippen LogP contribution in [0.25, 0.3) is 0 Å². The van der Waals surface area contributed by atoms with Gasteiger partial charge in [-0.1, -0.05) is 18.2 Å². The normalized spacial score (nSPS) is 11.4. The summed E-state index contributed by atoms with van der Waals surface area (Å²) in [5.41, 5.74) is -0.782. The Balaban J connectivity index is 2.70. The van der Waals surface area contributed by atoms with Gasteiger partial charge in [0.05, 0.1) is 22.6 Å². The fraction of sp³-hybridized carbons (Fsp3) is 0.200. The van der Waals surface area contributed by atoms with Gasteiger partial charge in [-0.25, -0.2) is 12.7 Å². The number of aryl methyl sites for hydroxylation is 1. The van der Waals surface area contributed by atoms with Crippen molar-refractivity contribution in [2.45, 2.75) is 18.4 Å². The maximum atomic E-state index is 13.6. The Kier molecular flexibility index (Phi) is 5.21. The number of non-ortho nitro benzene ring substituents is 1. The van der Waals surface area contributed by atoms with E-state index in [2.05, 4.69) is 0 Å². The second-order valence-electron chi connectivity index (χ2n) is 4.96. The van der Waals surface area contributed by atoms with Crippen LogP contribution in [0.4, 0.5) is 20.2 Å². The molecule has 0 aliphatic carbocycles. The lowest BCUT2D eigenvalue weighted by Gasteiger charge is -2.25. The molecule has 0 aliphatic rings. The molecule has 2 aromatic carbocycles. The number of nitrogens with zero attached hydrogens (tertiary/aromatic N) is 2.